The van der Waals surface area contributed by atoms with Crippen molar-refractivity contribution in [3.63, 3.8) is 0 Å². The normalized spacial score (nSPS) is 11.3. The predicted molar refractivity (Wildman–Crippen MR) is 78.6 cm³/mol. The first-order valence-electron chi connectivity index (χ1n) is 6.28. The Morgan fingerprint density at radius 1 is 1.10 bits per heavy atom. The minimum Gasteiger partial charge on any atom is -0.508 e. The van der Waals surface area contributed by atoms with E-state index in [1.54, 1.807) is 18.2 Å². The van der Waals surface area contributed by atoms with Gasteiger partial charge in [-0.25, -0.2) is 13.1 Å². The molecule has 2 aromatic carbocycles. The standard InChI is InChI=1S/C15H15NO4S/c1-11(17)12-6-8-14(9-7-12)21(19,20)16-10-13-4-2-3-5-15(13)18/h2-9,16,18H,10H2,1H3. The average molecular weight is 305 g/mol. The summed E-state index contributed by atoms with van der Waals surface area (Å²) in [5, 5.41) is 9.60. The molecule has 0 amide bonds. The van der Waals surface area contributed by atoms with Gasteiger partial charge in [-0.3, -0.25) is 4.79 Å². The molecule has 0 saturated heterocycles. The molecule has 0 aliphatic heterocycles. The summed E-state index contributed by atoms with van der Waals surface area (Å²) in [6.45, 7) is 1.41. The Bertz CT molecular complexity index is 751. The summed E-state index contributed by atoms with van der Waals surface area (Å²) in [4.78, 5) is 11.2. The van der Waals surface area contributed by atoms with Crippen molar-refractivity contribution in [2.24, 2.45) is 0 Å². The molecule has 2 rings (SSSR count). The lowest BCUT2D eigenvalue weighted by atomic mass is 10.2. The number of phenolic OH excluding ortho intramolecular Hbond substituents is 1. The maximum absolute atomic E-state index is 12.1. The van der Waals surface area contributed by atoms with Crippen LogP contribution in [0, 0.1) is 0 Å². The van der Waals surface area contributed by atoms with Crippen LogP contribution in [0.4, 0.5) is 0 Å². The Kier molecular flexibility index (Phi) is 4.40. The van der Waals surface area contributed by atoms with Crippen LogP contribution >= 0.6 is 0 Å². The molecule has 21 heavy (non-hydrogen) atoms. The van der Waals surface area contributed by atoms with Gasteiger partial charge >= 0.3 is 0 Å². The van der Waals surface area contributed by atoms with E-state index in [1.807, 2.05) is 0 Å². The third-order valence-corrected chi connectivity index (χ3v) is 4.43. The van der Waals surface area contributed by atoms with Crippen LogP contribution in [-0.4, -0.2) is 19.3 Å². The molecule has 0 radical (unpaired) electrons. The van der Waals surface area contributed by atoms with Gasteiger partial charge in [-0.2, -0.15) is 0 Å². The number of sulfonamides is 1. The van der Waals surface area contributed by atoms with Gasteiger partial charge in [0.1, 0.15) is 5.75 Å². The van der Waals surface area contributed by atoms with Crippen molar-refractivity contribution in [1.82, 2.24) is 4.72 Å². The second-order valence-corrected chi connectivity index (χ2v) is 6.30. The summed E-state index contributed by atoms with van der Waals surface area (Å²) in [6, 6.07) is 12.2. The molecule has 110 valence electrons. The van der Waals surface area contributed by atoms with Gasteiger partial charge < -0.3 is 5.11 Å². The number of phenols is 1. The fourth-order valence-corrected chi connectivity index (χ4v) is 2.79. The number of hydrogen-bond donors (Lipinski definition) is 2. The van der Waals surface area contributed by atoms with Gasteiger partial charge in [0, 0.05) is 17.7 Å². The lowest BCUT2D eigenvalue weighted by molar-refractivity contribution is 0.101. The smallest absolute Gasteiger partial charge is 0.240 e. The van der Waals surface area contributed by atoms with Gasteiger partial charge in [0.15, 0.2) is 5.78 Å². The first-order chi connectivity index (χ1) is 9.90. The molecule has 2 N–H and O–H groups in total. The first-order valence-corrected chi connectivity index (χ1v) is 7.76. The minimum absolute atomic E-state index is 0.0104. The van der Waals surface area contributed by atoms with Crippen LogP contribution in [0.5, 0.6) is 5.75 Å². The van der Waals surface area contributed by atoms with E-state index in [1.165, 1.54) is 37.3 Å². The van der Waals surface area contributed by atoms with E-state index < -0.39 is 10.0 Å². The van der Waals surface area contributed by atoms with E-state index in [0.29, 0.717) is 11.1 Å². The van der Waals surface area contributed by atoms with E-state index in [-0.39, 0.29) is 23.0 Å². The Morgan fingerprint density at radius 2 is 1.71 bits per heavy atom. The molecule has 0 heterocycles. The van der Waals surface area contributed by atoms with Gasteiger partial charge in [-0.05, 0) is 25.1 Å². The molecule has 5 nitrogen and oxygen atoms in total. The van der Waals surface area contributed by atoms with Crippen molar-refractivity contribution in [3.05, 3.63) is 59.7 Å². The van der Waals surface area contributed by atoms with Crippen molar-refractivity contribution >= 4 is 15.8 Å². The Morgan fingerprint density at radius 3 is 2.29 bits per heavy atom. The van der Waals surface area contributed by atoms with Crippen LogP contribution in [-0.2, 0) is 16.6 Å². The largest absolute Gasteiger partial charge is 0.508 e. The highest BCUT2D eigenvalue weighted by molar-refractivity contribution is 7.89. The molecular weight excluding hydrogens is 290 g/mol. The van der Waals surface area contributed by atoms with Crippen molar-refractivity contribution in [2.75, 3.05) is 0 Å². The molecule has 0 unspecified atom stereocenters. The van der Waals surface area contributed by atoms with Crippen LogP contribution in [0.1, 0.15) is 22.8 Å². The van der Waals surface area contributed by atoms with Gasteiger partial charge in [-0.1, -0.05) is 30.3 Å². The van der Waals surface area contributed by atoms with E-state index in [4.69, 9.17) is 0 Å². The van der Waals surface area contributed by atoms with Crippen LogP contribution in [0.15, 0.2) is 53.4 Å². The molecule has 6 heteroatoms. The zero-order chi connectivity index (χ0) is 15.5. The van der Waals surface area contributed by atoms with Crippen LogP contribution in [0.25, 0.3) is 0 Å². The number of aromatic hydroxyl groups is 1. The maximum atomic E-state index is 12.1. The number of hydrogen-bond acceptors (Lipinski definition) is 4. The summed E-state index contributed by atoms with van der Waals surface area (Å²) in [6.07, 6.45) is 0. The topological polar surface area (TPSA) is 83.5 Å². The lowest BCUT2D eigenvalue weighted by Gasteiger charge is -2.08. The molecule has 2 aromatic rings. The quantitative estimate of drug-likeness (QED) is 0.828. The lowest BCUT2D eigenvalue weighted by Crippen LogP contribution is -2.23. The second kappa shape index (κ2) is 6.07. The van der Waals surface area contributed by atoms with Crippen molar-refractivity contribution < 1.29 is 18.3 Å². The summed E-state index contributed by atoms with van der Waals surface area (Å²) >= 11 is 0. The third-order valence-electron chi connectivity index (χ3n) is 3.02. The summed E-state index contributed by atoms with van der Waals surface area (Å²) in [5.41, 5.74) is 0.941. The highest BCUT2D eigenvalue weighted by Gasteiger charge is 2.14. The Labute approximate surface area is 123 Å². The monoisotopic (exact) mass is 305 g/mol. The summed E-state index contributed by atoms with van der Waals surface area (Å²) in [7, 11) is -3.69. The van der Waals surface area contributed by atoms with Gasteiger partial charge in [0.25, 0.3) is 0 Å². The second-order valence-electron chi connectivity index (χ2n) is 4.53. The van der Waals surface area contributed by atoms with Gasteiger partial charge in [-0.15, -0.1) is 0 Å². The number of nitrogens with one attached hydrogen (secondary N) is 1. The zero-order valence-electron chi connectivity index (χ0n) is 11.4. The highest BCUT2D eigenvalue weighted by Crippen LogP contribution is 2.17. The van der Waals surface area contributed by atoms with Gasteiger partial charge in [0.2, 0.25) is 10.0 Å². The number of benzene rings is 2. The Hall–Kier alpha value is -2.18. The number of carbonyl (C=O) groups excluding carboxylic acids is 1. The molecule has 0 atom stereocenters. The molecule has 0 bridgehead atoms. The number of para-hydroxylation sites is 1. The average Bonchev–Trinajstić information content (AvgIpc) is 2.46. The molecule has 0 spiro atoms. The SMILES string of the molecule is CC(=O)c1ccc(S(=O)(=O)NCc2ccccc2O)cc1. The molecule has 0 aliphatic rings. The molecule has 0 saturated carbocycles. The van der Waals surface area contributed by atoms with E-state index >= 15 is 0 Å². The van der Waals surface area contributed by atoms with Crippen molar-refractivity contribution in [2.45, 2.75) is 18.4 Å². The fraction of sp³-hybridized carbons (Fsp3) is 0.133. The van der Waals surface area contributed by atoms with Crippen LogP contribution < -0.4 is 4.72 Å². The van der Waals surface area contributed by atoms with Crippen molar-refractivity contribution in [3.8, 4) is 5.75 Å². The first kappa shape index (κ1) is 15.2. The third kappa shape index (κ3) is 3.68. The summed E-state index contributed by atoms with van der Waals surface area (Å²) in [5.74, 6) is -0.0896. The minimum atomic E-state index is -3.69. The van der Waals surface area contributed by atoms with Crippen LogP contribution in [0.3, 0.4) is 0 Å². The number of ketones is 1. The molecule has 0 fully saturated rings. The number of Topliss-reactive ketones (excluding diaryl/α,β-unsaturated/α-hetero) is 1. The highest BCUT2D eigenvalue weighted by atomic mass is 32.2. The van der Waals surface area contributed by atoms with E-state index in [0.717, 1.165) is 0 Å². The van der Waals surface area contributed by atoms with E-state index in [9.17, 15) is 18.3 Å². The zero-order valence-corrected chi connectivity index (χ0v) is 12.2. The van der Waals surface area contributed by atoms with Crippen molar-refractivity contribution in [1.29, 1.82) is 0 Å². The number of carbonyl (C=O) groups is 1. The Balaban J connectivity index is 2.15. The van der Waals surface area contributed by atoms with E-state index in [2.05, 4.69) is 4.72 Å². The summed E-state index contributed by atoms with van der Waals surface area (Å²) < 4.78 is 26.6. The fourth-order valence-electron chi connectivity index (χ4n) is 1.79. The maximum Gasteiger partial charge on any atom is 0.240 e. The van der Waals surface area contributed by atoms with Crippen LogP contribution in [0.2, 0.25) is 0 Å². The van der Waals surface area contributed by atoms with Gasteiger partial charge in [0.05, 0.1) is 4.90 Å². The molecular formula is C15H15NO4S. The predicted octanol–water partition coefficient (Wildman–Crippen LogP) is 2.07. The number of rotatable bonds is 5. The molecule has 0 aliphatic carbocycles. The molecule has 0 aromatic heterocycles.